The maximum atomic E-state index is 12.4. The number of hydrazine groups is 1. The third kappa shape index (κ3) is 4.08. The van der Waals surface area contributed by atoms with Crippen LogP contribution in [0.2, 0.25) is 5.15 Å². The molecule has 1 aromatic rings. The highest BCUT2D eigenvalue weighted by Crippen LogP contribution is 2.21. The van der Waals surface area contributed by atoms with Gasteiger partial charge in [0.05, 0.1) is 0 Å². The van der Waals surface area contributed by atoms with E-state index in [4.69, 9.17) is 11.6 Å². The number of hydrogen-bond donors (Lipinski definition) is 2. The Hall–Kier alpha value is -1.33. The lowest BCUT2D eigenvalue weighted by atomic mass is 10.00. The Morgan fingerprint density at radius 3 is 2.67 bits per heavy atom. The van der Waals surface area contributed by atoms with Crippen LogP contribution in [0.1, 0.15) is 50.4 Å². The van der Waals surface area contributed by atoms with E-state index in [1.54, 1.807) is 12.1 Å². The number of halogens is 1. The van der Waals surface area contributed by atoms with Gasteiger partial charge in [-0.1, -0.05) is 18.0 Å². The number of nitrogens with zero attached hydrogens (tertiary/aromatic N) is 2. The van der Waals surface area contributed by atoms with Crippen molar-refractivity contribution < 1.29 is 4.79 Å². The molecule has 1 amide bonds. The van der Waals surface area contributed by atoms with Crippen molar-refractivity contribution in [3.8, 4) is 0 Å². The summed E-state index contributed by atoms with van der Waals surface area (Å²) in [6, 6.07) is 4.02. The average Bonchev–Trinajstić information content (AvgIpc) is 2.42. The van der Waals surface area contributed by atoms with Gasteiger partial charge in [0.25, 0.3) is 5.91 Å². The molecule has 0 bridgehead atoms. The second-order valence-electron chi connectivity index (χ2n) is 5.57. The van der Waals surface area contributed by atoms with Gasteiger partial charge in [-0.25, -0.2) is 9.99 Å². The Kier molecular flexibility index (Phi) is 5.42. The molecule has 0 aromatic carbocycles. The summed E-state index contributed by atoms with van der Waals surface area (Å²) in [4.78, 5) is 16.6. The molecule has 1 aromatic heterocycles. The third-order valence-electron chi connectivity index (χ3n) is 3.84. The van der Waals surface area contributed by atoms with Gasteiger partial charge in [-0.2, -0.15) is 0 Å². The van der Waals surface area contributed by atoms with Gasteiger partial charge in [0.15, 0.2) is 0 Å². The van der Waals surface area contributed by atoms with Crippen molar-refractivity contribution >= 4 is 23.3 Å². The Morgan fingerprint density at radius 2 is 2.05 bits per heavy atom. The zero-order chi connectivity index (χ0) is 15.4. The Bertz CT molecular complexity index is 498. The maximum Gasteiger partial charge on any atom is 0.265 e. The fourth-order valence-electron chi connectivity index (χ4n) is 2.72. The number of piperidine rings is 1. The first-order valence-corrected chi connectivity index (χ1v) is 7.89. The Balaban J connectivity index is 2.12. The van der Waals surface area contributed by atoms with Crippen molar-refractivity contribution in [1.82, 2.24) is 15.4 Å². The minimum atomic E-state index is -0.140. The number of hydrogen-bond acceptors (Lipinski definition) is 4. The predicted molar refractivity (Wildman–Crippen MR) is 85.5 cm³/mol. The molecule has 0 radical (unpaired) electrons. The average molecular weight is 311 g/mol. The molecule has 5 nitrogen and oxygen atoms in total. The van der Waals surface area contributed by atoms with Crippen molar-refractivity contribution in [2.45, 2.75) is 52.1 Å². The van der Waals surface area contributed by atoms with Crippen molar-refractivity contribution in [2.75, 3.05) is 11.9 Å². The minimum Gasteiger partial charge on any atom is -0.370 e. The van der Waals surface area contributed by atoms with Crippen molar-refractivity contribution in [3.63, 3.8) is 0 Å². The van der Waals surface area contributed by atoms with Gasteiger partial charge in [-0.15, -0.1) is 0 Å². The summed E-state index contributed by atoms with van der Waals surface area (Å²) in [5.41, 5.74) is 3.54. The van der Waals surface area contributed by atoms with Crippen LogP contribution in [0.25, 0.3) is 0 Å². The monoisotopic (exact) mass is 310 g/mol. The molecule has 1 aliphatic rings. The SMILES string of the molecule is CCNc1cc(C(=O)NN2C(C)CCCC2C)cc(Cl)n1. The summed E-state index contributed by atoms with van der Waals surface area (Å²) in [6.07, 6.45) is 3.41. The molecule has 2 N–H and O–H groups in total. The number of amides is 1. The number of anilines is 1. The second kappa shape index (κ2) is 7.09. The van der Waals surface area contributed by atoms with Crippen LogP contribution in [0.3, 0.4) is 0 Å². The molecule has 1 fully saturated rings. The van der Waals surface area contributed by atoms with Gasteiger partial charge in [-0.3, -0.25) is 10.2 Å². The van der Waals surface area contributed by atoms with Crippen molar-refractivity contribution in [3.05, 3.63) is 22.8 Å². The molecule has 21 heavy (non-hydrogen) atoms. The molecule has 1 saturated heterocycles. The van der Waals surface area contributed by atoms with E-state index in [1.165, 1.54) is 6.42 Å². The van der Waals surface area contributed by atoms with Gasteiger partial charge in [0.1, 0.15) is 11.0 Å². The summed E-state index contributed by atoms with van der Waals surface area (Å²) in [7, 11) is 0. The normalized spacial score (nSPS) is 22.9. The number of nitrogens with one attached hydrogen (secondary N) is 2. The third-order valence-corrected chi connectivity index (χ3v) is 4.03. The summed E-state index contributed by atoms with van der Waals surface area (Å²) >= 11 is 5.99. The van der Waals surface area contributed by atoms with Crippen molar-refractivity contribution in [2.24, 2.45) is 0 Å². The molecule has 2 rings (SSSR count). The molecule has 2 atom stereocenters. The molecular weight excluding hydrogens is 288 g/mol. The van der Waals surface area contributed by atoms with E-state index in [-0.39, 0.29) is 5.91 Å². The number of carbonyl (C=O) groups is 1. The van der Waals surface area contributed by atoms with E-state index < -0.39 is 0 Å². The molecule has 2 heterocycles. The number of aromatic nitrogens is 1. The lowest BCUT2D eigenvalue weighted by Crippen LogP contribution is -2.54. The van der Waals surface area contributed by atoms with Gasteiger partial charge < -0.3 is 5.32 Å². The van der Waals surface area contributed by atoms with E-state index in [9.17, 15) is 4.79 Å². The van der Waals surface area contributed by atoms with E-state index >= 15 is 0 Å². The van der Waals surface area contributed by atoms with Crippen LogP contribution in [0.15, 0.2) is 12.1 Å². The molecule has 6 heteroatoms. The summed E-state index contributed by atoms with van der Waals surface area (Å²) in [6.45, 7) is 6.98. The zero-order valence-electron chi connectivity index (χ0n) is 12.8. The topological polar surface area (TPSA) is 57.3 Å². The highest BCUT2D eigenvalue weighted by atomic mass is 35.5. The first kappa shape index (κ1) is 16.0. The molecule has 1 aliphatic heterocycles. The van der Waals surface area contributed by atoms with E-state index in [2.05, 4.69) is 29.6 Å². The lowest BCUT2D eigenvalue weighted by Gasteiger charge is -2.38. The fourth-order valence-corrected chi connectivity index (χ4v) is 2.93. The van der Waals surface area contributed by atoms with Crippen LogP contribution in [-0.2, 0) is 0 Å². The highest BCUT2D eigenvalue weighted by molar-refractivity contribution is 6.29. The smallest absolute Gasteiger partial charge is 0.265 e. The van der Waals surface area contributed by atoms with Crippen LogP contribution in [0.5, 0.6) is 0 Å². The standard InChI is InChI=1S/C15H23ClN4O/c1-4-17-14-9-12(8-13(16)18-14)15(21)19-20-10(2)6-5-7-11(20)3/h8-11H,4-7H2,1-3H3,(H,17,18)(H,19,21). The summed E-state index contributed by atoms with van der Waals surface area (Å²) < 4.78 is 0. The van der Waals surface area contributed by atoms with Crippen LogP contribution in [0.4, 0.5) is 5.82 Å². The minimum absolute atomic E-state index is 0.140. The molecule has 2 unspecified atom stereocenters. The number of carbonyl (C=O) groups excluding carboxylic acids is 1. The van der Waals surface area contributed by atoms with Crippen LogP contribution < -0.4 is 10.7 Å². The largest absolute Gasteiger partial charge is 0.370 e. The second-order valence-corrected chi connectivity index (χ2v) is 5.96. The molecule has 116 valence electrons. The van der Waals surface area contributed by atoms with Crippen molar-refractivity contribution in [1.29, 1.82) is 0 Å². The maximum absolute atomic E-state index is 12.4. The van der Waals surface area contributed by atoms with Gasteiger partial charge in [0, 0.05) is 24.2 Å². The highest BCUT2D eigenvalue weighted by Gasteiger charge is 2.26. The van der Waals surface area contributed by atoms with Gasteiger partial charge in [-0.05, 0) is 45.7 Å². The first-order chi connectivity index (χ1) is 10.0. The Morgan fingerprint density at radius 1 is 1.38 bits per heavy atom. The molecule has 0 spiro atoms. The Labute approximate surface area is 131 Å². The summed E-state index contributed by atoms with van der Waals surface area (Å²) in [5, 5.41) is 5.44. The van der Waals surface area contributed by atoms with E-state index in [0.29, 0.717) is 28.6 Å². The van der Waals surface area contributed by atoms with E-state index in [1.807, 2.05) is 11.9 Å². The molecular formula is C15H23ClN4O. The molecule has 0 saturated carbocycles. The lowest BCUT2D eigenvalue weighted by molar-refractivity contribution is 0.0370. The van der Waals surface area contributed by atoms with E-state index in [0.717, 1.165) is 19.4 Å². The quantitative estimate of drug-likeness (QED) is 0.839. The van der Waals surface area contributed by atoms with Crippen LogP contribution in [-0.4, -0.2) is 34.5 Å². The van der Waals surface area contributed by atoms with Crippen LogP contribution in [0, 0.1) is 0 Å². The van der Waals surface area contributed by atoms with Gasteiger partial charge in [0.2, 0.25) is 0 Å². The predicted octanol–water partition coefficient (Wildman–Crippen LogP) is 3.07. The summed E-state index contributed by atoms with van der Waals surface area (Å²) in [5.74, 6) is 0.481. The first-order valence-electron chi connectivity index (χ1n) is 7.52. The number of pyridine rings is 1. The molecule has 0 aliphatic carbocycles. The number of rotatable bonds is 4. The van der Waals surface area contributed by atoms with Crippen LogP contribution >= 0.6 is 11.6 Å². The zero-order valence-corrected chi connectivity index (χ0v) is 13.6. The fraction of sp³-hybridized carbons (Fsp3) is 0.600. The van der Waals surface area contributed by atoms with Gasteiger partial charge >= 0.3 is 0 Å².